The second kappa shape index (κ2) is 4.13. The third-order valence-electron chi connectivity index (χ3n) is 1.34. The van der Waals surface area contributed by atoms with Gasteiger partial charge in [0.05, 0.1) is 0 Å². The van der Waals surface area contributed by atoms with Gasteiger partial charge in [-0.1, -0.05) is 20.8 Å². The third-order valence-corrected chi connectivity index (χ3v) is 1.34. The summed E-state index contributed by atoms with van der Waals surface area (Å²) in [7, 11) is 0. The van der Waals surface area contributed by atoms with Crippen LogP contribution in [0.3, 0.4) is 0 Å². The van der Waals surface area contributed by atoms with E-state index in [0.717, 1.165) is 0 Å². The van der Waals surface area contributed by atoms with Crippen molar-refractivity contribution in [2.75, 3.05) is 19.6 Å². The molecule has 0 atom stereocenters. The van der Waals surface area contributed by atoms with E-state index in [-0.39, 0.29) is 17.1 Å². The Morgan fingerprint density at radius 1 is 1.00 bits per heavy atom. The van der Waals surface area contributed by atoms with Gasteiger partial charge in [-0.2, -0.15) is 0 Å². The molecule has 0 aliphatic rings. The largest absolute Gasteiger partial charge is 0.304 e. The monoisotopic (exact) mass is 125 g/mol. The van der Waals surface area contributed by atoms with Crippen molar-refractivity contribution >= 4 is 0 Å². The topological polar surface area (TPSA) is 3.24 Å². The van der Waals surface area contributed by atoms with Crippen LogP contribution in [-0.4, -0.2) is 24.5 Å². The van der Waals surface area contributed by atoms with E-state index in [1.807, 2.05) is 0 Å². The van der Waals surface area contributed by atoms with Crippen LogP contribution in [0, 0.1) is 0 Å². The maximum Gasteiger partial charge on any atom is 0 e. The lowest BCUT2D eigenvalue weighted by Gasteiger charge is -2.13. The van der Waals surface area contributed by atoms with E-state index >= 15 is 0 Å². The zero-order chi connectivity index (χ0) is 5.70. The van der Waals surface area contributed by atoms with Crippen LogP contribution in [0.1, 0.15) is 37.9 Å². The Morgan fingerprint density at radius 3 is 1.29 bits per heavy atom. The van der Waals surface area contributed by atoms with Gasteiger partial charge >= 0.3 is 0 Å². The van der Waals surface area contributed by atoms with E-state index in [0.29, 0.717) is 0 Å². The predicted molar refractivity (Wildman–Crippen MR) is 58.8 cm³/mol. The summed E-state index contributed by atoms with van der Waals surface area (Å²) >= 11 is 0. The molecule has 0 unspecified atom stereocenters. The average Bonchev–Trinajstić information content (AvgIpc) is 1.72. The predicted octanol–water partition coefficient (Wildman–Crippen LogP) is 4.30. The maximum atomic E-state index is 2.38. The molecule has 0 saturated carbocycles. The Morgan fingerprint density at radius 2 is 1.29 bits per heavy atom. The lowest BCUT2D eigenvalue weighted by Crippen LogP contribution is -2.21. The van der Waals surface area contributed by atoms with Crippen molar-refractivity contribution in [3.05, 3.63) is 0 Å². The summed E-state index contributed by atoms with van der Waals surface area (Å²) in [5.74, 6) is 0. The van der Waals surface area contributed by atoms with Crippen LogP contribution < -0.4 is 0 Å². The molecule has 0 aromatic carbocycles. The smallest absolute Gasteiger partial charge is 0 e. The molecule has 1 nitrogen and oxygen atoms in total. The standard InChI is InChI=1S/C6H15N.12H2/c1-4-7(5-2)6-3;;;;;;;;;;;;/h4-6H2,1-3H3;12*1H. The Labute approximate surface area is 64.1 Å². The first-order chi connectivity index (χ1) is 3.35. The molecular formula is C6H39N. The average molecular weight is 125 g/mol. The van der Waals surface area contributed by atoms with Crippen molar-refractivity contribution in [2.24, 2.45) is 0 Å². The van der Waals surface area contributed by atoms with Gasteiger partial charge in [-0.05, 0) is 19.6 Å². The summed E-state index contributed by atoms with van der Waals surface area (Å²) in [6.45, 7) is 10.1. The quantitative estimate of drug-likeness (QED) is 0.543. The first kappa shape index (κ1) is 6.96. The molecular weight excluding hydrogens is 86.1 g/mol. The molecule has 0 bridgehead atoms. The van der Waals surface area contributed by atoms with E-state index in [9.17, 15) is 0 Å². The number of nitrogens with zero attached hydrogens (tertiary/aromatic N) is 1. The van der Waals surface area contributed by atoms with Gasteiger partial charge in [0.25, 0.3) is 0 Å². The van der Waals surface area contributed by atoms with Gasteiger partial charge in [0.1, 0.15) is 0 Å². The molecule has 0 rings (SSSR count). The molecule has 0 aromatic heterocycles. The second-order valence-corrected chi connectivity index (χ2v) is 1.62. The fourth-order valence-electron chi connectivity index (χ4n) is 0.671. The van der Waals surface area contributed by atoms with Crippen molar-refractivity contribution in [2.45, 2.75) is 20.8 Å². The molecule has 0 saturated heterocycles. The highest BCUT2D eigenvalue weighted by Crippen LogP contribution is 1.81. The minimum absolute atomic E-state index is 0. The Balaban J connectivity index is -0.00000000273. The molecule has 0 spiro atoms. The summed E-state index contributed by atoms with van der Waals surface area (Å²) in [6.07, 6.45) is 0. The summed E-state index contributed by atoms with van der Waals surface area (Å²) in [5, 5.41) is 0. The number of rotatable bonds is 3. The first-order valence-corrected chi connectivity index (χ1v) is 3.07. The van der Waals surface area contributed by atoms with Crippen LogP contribution in [0.2, 0.25) is 0 Å². The highest BCUT2D eigenvalue weighted by Gasteiger charge is 1.89. The molecule has 0 fully saturated rings. The van der Waals surface area contributed by atoms with Gasteiger partial charge in [0.2, 0.25) is 0 Å². The highest BCUT2D eigenvalue weighted by molar-refractivity contribution is 4.43. The van der Waals surface area contributed by atoms with Crippen LogP contribution in [-0.2, 0) is 0 Å². The maximum absolute atomic E-state index is 2.38. The van der Waals surface area contributed by atoms with Crippen LogP contribution in [0.5, 0.6) is 0 Å². The van der Waals surface area contributed by atoms with Crippen molar-refractivity contribution < 1.29 is 17.1 Å². The van der Waals surface area contributed by atoms with Crippen LogP contribution >= 0.6 is 0 Å². The Bertz CT molecular complexity index is 43.7. The van der Waals surface area contributed by atoms with Crippen molar-refractivity contribution in [1.82, 2.24) is 4.90 Å². The number of hydrogen-bond acceptors (Lipinski definition) is 1. The Kier molecular flexibility index (Phi) is 4.10. The summed E-state index contributed by atoms with van der Waals surface area (Å²) in [4.78, 5) is 2.38. The van der Waals surface area contributed by atoms with Gasteiger partial charge in [0.15, 0.2) is 0 Å². The van der Waals surface area contributed by atoms with Crippen LogP contribution in [0.15, 0.2) is 0 Å². The van der Waals surface area contributed by atoms with Crippen molar-refractivity contribution in [3.63, 3.8) is 0 Å². The summed E-state index contributed by atoms with van der Waals surface area (Å²) in [5.41, 5.74) is 0. The Hall–Kier alpha value is -0.0400. The molecule has 1 heteroatoms. The fourth-order valence-corrected chi connectivity index (χ4v) is 0.671. The van der Waals surface area contributed by atoms with Crippen LogP contribution in [0.4, 0.5) is 0 Å². The fraction of sp³-hybridized carbons (Fsp3) is 1.00. The molecule has 7 heavy (non-hydrogen) atoms. The normalized spacial score (nSPS) is 10.3. The van der Waals surface area contributed by atoms with Gasteiger partial charge in [-0.25, -0.2) is 0 Å². The van der Waals surface area contributed by atoms with Gasteiger partial charge in [-0.3, -0.25) is 0 Å². The number of hydrogen-bond donors (Lipinski definition) is 0. The highest BCUT2D eigenvalue weighted by atomic mass is 15.1. The van der Waals surface area contributed by atoms with E-state index < -0.39 is 0 Å². The van der Waals surface area contributed by atoms with Crippen molar-refractivity contribution in [1.29, 1.82) is 0 Å². The van der Waals surface area contributed by atoms with Gasteiger partial charge < -0.3 is 4.90 Å². The molecule has 0 N–H and O–H groups in total. The molecule has 0 aliphatic carbocycles. The molecule has 0 radical (unpaired) electrons. The van der Waals surface area contributed by atoms with Crippen molar-refractivity contribution in [3.8, 4) is 0 Å². The summed E-state index contributed by atoms with van der Waals surface area (Å²) < 4.78 is 0. The lowest BCUT2D eigenvalue weighted by atomic mass is 10.5. The molecule has 0 heterocycles. The second-order valence-electron chi connectivity index (χ2n) is 1.62. The molecule has 0 aromatic rings. The molecule has 0 aliphatic heterocycles. The minimum atomic E-state index is 0. The summed E-state index contributed by atoms with van der Waals surface area (Å²) in [6, 6.07) is 0. The lowest BCUT2D eigenvalue weighted by molar-refractivity contribution is 0.321. The van der Waals surface area contributed by atoms with E-state index in [4.69, 9.17) is 0 Å². The first-order valence-electron chi connectivity index (χ1n) is 3.07. The van der Waals surface area contributed by atoms with E-state index in [1.54, 1.807) is 0 Å². The SMILES string of the molecule is CCN(CC)CC.[HH].[HH].[HH].[HH].[HH].[HH].[HH].[HH].[HH].[HH].[HH].[HH]. The van der Waals surface area contributed by atoms with E-state index in [2.05, 4.69) is 25.7 Å². The molecule has 0 amide bonds. The minimum Gasteiger partial charge on any atom is -0.304 e. The zero-order valence-corrected chi connectivity index (χ0v) is 5.57. The van der Waals surface area contributed by atoms with Gasteiger partial charge in [0, 0.05) is 17.1 Å². The molecule has 68 valence electrons. The third kappa shape index (κ3) is 2.63. The zero-order valence-electron chi connectivity index (χ0n) is 5.57. The van der Waals surface area contributed by atoms with Gasteiger partial charge in [-0.15, -0.1) is 0 Å². The van der Waals surface area contributed by atoms with E-state index in [1.165, 1.54) is 19.6 Å². The van der Waals surface area contributed by atoms with Crippen LogP contribution in [0.25, 0.3) is 0 Å².